The summed E-state index contributed by atoms with van der Waals surface area (Å²) in [6, 6.07) is 0.806. The first-order chi connectivity index (χ1) is 6.97. The zero-order chi connectivity index (χ0) is 11.6. The minimum atomic E-state index is -2.84. The van der Waals surface area contributed by atoms with Crippen LogP contribution in [0, 0.1) is 6.92 Å². The summed E-state index contributed by atoms with van der Waals surface area (Å²) >= 11 is 0. The van der Waals surface area contributed by atoms with Crippen molar-refractivity contribution in [1.82, 2.24) is 4.98 Å². The number of aryl methyl sites for hydroxylation is 1. The van der Waals surface area contributed by atoms with Gasteiger partial charge < -0.3 is 9.72 Å². The second-order valence-corrected chi connectivity index (χ2v) is 2.88. The van der Waals surface area contributed by atoms with E-state index < -0.39 is 29.1 Å². The number of carbonyl (C=O) groups is 1. The fraction of sp³-hybridized carbons (Fsp3) is 0.333. The van der Waals surface area contributed by atoms with Gasteiger partial charge in [0, 0.05) is 11.8 Å². The third-order valence-electron chi connectivity index (χ3n) is 1.90. The predicted octanol–water partition coefficient (Wildman–Crippen LogP) is 1.41. The van der Waals surface area contributed by atoms with Crippen molar-refractivity contribution in [3.05, 3.63) is 33.2 Å². The Morgan fingerprint density at radius 2 is 2.13 bits per heavy atom. The number of esters is 1. The Bertz CT molecular complexity index is 439. The van der Waals surface area contributed by atoms with Gasteiger partial charge in [0.15, 0.2) is 0 Å². The first-order valence-corrected chi connectivity index (χ1v) is 4.07. The third kappa shape index (κ3) is 2.20. The number of rotatable bonds is 2. The molecule has 0 aromatic carbocycles. The van der Waals surface area contributed by atoms with E-state index in [1.54, 1.807) is 0 Å². The lowest BCUT2D eigenvalue weighted by molar-refractivity contribution is 0.0588. The third-order valence-corrected chi connectivity index (χ3v) is 1.90. The number of halogens is 2. The molecule has 0 unspecified atom stereocenters. The smallest absolute Gasteiger partial charge is 0.338 e. The van der Waals surface area contributed by atoms with Gasteiger partial charge in [-0.3, -0.25) is 4.79 Å². The summed E-state index contributed by atoms with van der Waals surface area (Å²) in [5.74, 6) is -0.945. The van der Waals surface area contributed by atoms with Crippen molar-refractivity contribution in [2.45, 2.75) is 13.3 Å². The molecule has 6 heteroatoms. The van der Waals surface area contributed by atoms with Gasteiger partial charge in [-0.1, -0.05) is 0 Å². The van der Waals surface area contributed by atoms with Crippen LogP contribution in [-0.4, -0.2) is 18.1 Å². The molecule has 0 aliphatic carbocycles. The lowest BCUT2D eigenvalue weighted by Gasteiger charge is -2.09. The topological polar surface area (TPSA) is 59.2 Å². The Hall–Kier alpha value is -1.72. The Kier molecular flexibility index (Phi) is 3.18. The van der Waals surface area contributed by atoms with Crippen LogP contribution in [0.2, 0.25) is 0 Å². The lowest BCUT2D eigenvalue weighted by Crippen LogP contribution is -2.16. The summed E-state index contributed by atoms with van der Waals surface area (Å²) in [4.78, 5) is 24.3. The van der Waals surface area contributed by atoms with Gasteiger partial charge >= 0.3 is 5.97 Å². The number of carbonyl (C=O) groups excluding carboxylic acids is 1. The molecule has 0 fully saturated rings. The van der Waals surface area contributed by atoms with Crippen molar-refractivity contribution in [1.29, 1.82) is 0 Å². The maximum Gasteiger partial charge on any atom is 0.338 e. The number of methoxy groups -OCH3 is 1. The number of aromatic nitrogens is 1. The van der Waals surface area contributed by atoms with Crippen LogP contribution in [-0.2, 0) is 4.74 Å². The van der Waals surface area contributed by atoms with Crippen LogP contribution >= 0.6 is 0 Å². The maximum absolute atomic E-state index is 12.6. The van der Waals surface area contributed by atoms with E-state index in [0.29, 0.717) is 0 Å². The van der Waals surface area contributed by atoms with Crippen molar-refractivity contribution in [3.63, 3.8) is 0 Å². The molecule has 0 spiro atoms. The maximum atomic E-state index is 12.6. The highest BCUT2D eigenvalue weighted by Crippen LogP contribution is 2.24. The van der Waals surface area contributed by atoms with Crippen molar-refractivity contribution in [2.75, 3.05) is 7.11 Å². The molecular weight excluding hydrogens is 208 g/mol. The quantitative estimate of drug-likeness (QED) is 0.762. The molecule has 15 heavy (non-hydrogen) atoms. The standard InChI is InChI=1S/C9H9F2NO3/c1-4-7(8(10)11)5(9(14)15-2)3-6(13)12-4/h3,8H,1-2H3,(H,12,13). The van der Waals surface area contributed by atoms with Crippen molar-refractivity contribution in [2.24, 2.45) is 0 Å². The highest BCUT2D eigenvalue weighted by Gasteiger charge is 2.22. The van der Waals surface area contributed by atoms with E-state index in [1.807, 2.05) is 0 Å². The van der Waals surface area contributed by atoms with Crippen molar-refractivity contribution in [3.8, 4) is 0 Å². The van der Waals surface area contributed by atoms with Crippen LogP contribution in [0.25, 0.3) is 0 Å². The molecule has 0 saturated carbocycles. The molecule has 0 saturated heterocycles. The summed E-state index contributed by atoms with van der Waals surface area (Å²) in [7, 11) is 1.06. The highest BCUT2D eigenvalue weighted by atomic mass is 19.3. The van der Waals surface area contributed by atoms with Crippen LogP contribution < -0.4 is 5.56 Å². The van der Waals surface area contributed by atoms with E-state index in [-0.39, 0.29) is 5.69 Å². The summed E-state index contributed by atoms with van der Waals surface area (Å²) in [6.45, 7) is 1.30. The van der Waals surface area contributed by atoms with Gasteiger partial charge in [-0.2, -0.15) is 0 Å². The van der Waals surface area contributed by atoms with Gasteiger partial charge in [0.1, 0.15) is 0 Å². The molecule has 4 nitrogen and oxygen atoms in total. The molecule has 0 radical (unpaired) electrons. The number of H-pyrrole nitrogens is 1. The molecule has 0 amide bonds. The Morgan fingerprint density at radius 3 is 2.60 bits per heavy atom. The fourth-order valence-corrected chi connectivity index (χ4v) is 1.26. The number of ether oxygens (including phenoxy) is 1. The first kappa shape index (κ1) is 11.4. The molecular formula is C9H9F2NO3. The van der Waals surface area contributed by atoms with Crippen LogP contribution in [0.3, 0.4) is 0 Å². The van der Waals surface area contributed by atoms with E-state index in [0.717, 1.165) is 13.2 Å². The highest BCUT2D eigenvalue weighted by molar-refractivity contribution is 5.91. The fourth-order valence-electron chi connectivity index (χ4n) is 1.26. The summed E-state index contributed by atoms with van der Waals surface area (Å²) in [5, 5.41) is 0. The van der Waals surface area contributed by atoms with Gasteiger partial charge in [0.2, 0.25) is 5.56 Å². The SMILES string of the molecule is COC(=O)c1cc(=O)[nH]c(C)c1C(F)F. The van der Waals surface area contributed by atoms with Gasteiger partial charge in [0.05, 0.1) is 18.2 Å². The molecule has 1 N–H and O–H groups in total. The average Bonchev–Trinajstić information content (AvgIpc) is 2.14. The second kappa shape index (κ2) is 4.20. The normalized spacial score (nSPS) is 10.5. The predicted molar refractivity (Wildman–Crippen MR) is 48.1 cm³/mol. The van der Waals surface area contributed by atoms with E-state index >= 15 is 0 Å². The number of nitrogens with one attached hydrogen (secondary N) is 1. The van der Waals surface area contributed by atoms with Gasteiger partial charge in [-0.15, -0.1) is 0 Å². The van der Waals surface area contributed by atoms with Gasteiger partial charge in [-0.05, 0) is 6.92 Å². The number of hydrogen-bond donors (Lipinski definition) is 1. The van der Waals surface area contributed by atoms with Crippen LogP contribution in [0.15, 0.2) is 10.9 Å². The zero-order valence-electron chi connectivity index (χ0n) is 8.14. The van der Waals surface area contributed by atoms with Gasteiger partial charge in [0.25, 0.3) is 6.43 Å². The number of alkyl halides is 2. The van der Waals surface area contributed by atoms with Crippen molar-refractivity contribution >= 4 is 5.97 Å². The van der Waals surface area contributed by atoms with E-state index in [9.17, 15) is 18.4 Å². The summed E-state index contributed by atoms with van der Waals surface area (Å²) in [6.07, 6.45) is -2.84. The van der Waals surface area contributed by atoms with Crippen molar-refractivity contribution < 1.29 is 18.3 Å². The molecule has 1 heterocycles. The van der Waals surface area contributed by atoms with E-state index in [4.69, 9.17) is 0 Å². The average molecular weight is 217 g/mol. The van der Waals surface area contributed by atoms with E-state index in [1.165, 1.54) is 6.92 Å². The Labute approximate surface area is 83.9 Å². The molecule has 1 rings (SSSR count). The minimum Gasteiger partial charge on any atom is -0.465 e. The largest absolute Gasteiger partial charge is 0.465 e. The molecule has 0 bridgehead atoms. The van der Waals surface area contributed by atoms with Crippen LogP contribution in [0.5, 0.6) is 0 Å². The Balaban J connectivity index is 3.46. The zero-order valence-corrected chi connectivity index (χ0v) is 8.14. The molecule has 1 aromatic heterocycles. The lowest BCUT2D eigenvalue weighted by atomic mass is 10.1. The molecule has 0 aliphatic heterocycles. The summed E-state index contributed by atoms with van der Waals surface area (Å²) < 4.78 is 29.5. The molecule has 0 aliphatic rings. The van der Waals surface area contributed by atoms with Crippen LogP contribution in [0.1, 0.15) is 28.0 Å². The number of hydrogen-bond acceptors (Lipinski definition) is 3. The monoisotopic (exact) mass is 217 g/mol. The van der Waals surface area contributed by atoms with Crippen LogP contribution in [0.4, 0.5) is 8.78 Å². The number of aromatic amines is 1. The van der Waals surface area contributed by atoms with Gasteiger partial charge in [-0.25, -0.2) is 13.6 Å². The Morgan fingerprint density at radius 1 is 1.53 bits per heavy atom. The first-order valence-electron chi connectivity index (χ1n) is 4.07. The minimum absolute atomic E-state index is 0.0297. The second-order valence-electron chi connectivity index (χ2n) is 2.88. The number of pyridine rings is 1. The molecule has 82 valence electrons. The molecule has 1 aromatic rings. The van der Waals surface area contributed by atoms with E-state index in [2.05, 4.69) is 9.72 Å². The molecule has 0 atom stereocenters. The summed E-state index contributed by atoms with van der Waals surface area (Å²) in [5.41, 5.74) is -1.54.